The van der Waals surface area contributed by atoms with Crippen molar-refractivity contribution in [3.8, 4) is 0 Å². The largest absolute Gasteiger partial charge is 0.462 e. The molecular weight excluding hydrogens is 552 g/mol. The van der Waals surface area contributed by atoms with E-state index in [1.165, 1.54) is 83.5 Å². The minimum atomic E-state index is -0.760. The first-order valence-electron chi connectivity index (χ1n) is 18.7. The molecule has 0 saturated heterocycles. The van der Waals surface area contributed by atoms with Crippen LogP contribution in [0.5, 0.6) is 0 Å². The van der Waals surface area contributed by atoms with Crippen LogP contribution in [0.1, 0.15) is 194 Å². The van der Waals surface area contributed by atoms with Gasteiger partial charge in [-0.2, -0.15) is 0 Å². The van der Waals surface area contributed by atoms with Crippen molar-refractivity contribution < 1.29 is 28.6 Å². The fourth-order valence-corrected chi connectivity index (χ4v) is 5.14. The second-order valence-corrected chi connectivity index (χ2v) is 12.5. The van der Waals surface area contributed by atoms with Crippen LogP contribution in [0, 0.1) is 0 Å². The van der Waals surface area contributed by atoms with Crippen LogP contribution in [0.2, 0.25) is 0 Å². The number of carbonyl (C=O) groups excluding carboxylic acids is 3. The molecule has 0 aliphatic heterocycles. The van der Waals surface area contributed by atoms with E-state index < -0.39 is 6.10 Å². The van der Waals surface area contributed by atoms with Crippen molar-refractivity contribution in [2.75, 3.05) is 13.2 Å². The number of hydrogen-bond donors (Lipinski definition) is 0. The van der Waals surface area contributed by atoms with Gasteiger partial charge in [0.1, 0.15) is 13.2 Å². The van der Waals surface area contributed by atoms with Gasteiger partial charge >= 0.3 is 17.9 Å². The smallest absolute Gasteiger partial charge is 0.306 e. The van der Waals surface area contributed by atoms with E-state index in [-0.39, 0.29) is 31.1 Å². The molecule has 0 rings (SSSR count). The molecular formula is C38H70O6. The molecule has 0 fully saturated rings. The molecule has 6 nitrogen and oxygen atoms in total. The van der Waals surface area contributed by atoms with Crippen LogP contribution in [-0.4, -0.2) is 37.2 Å². The minimum Gasteiger partial charge on any atom is -0.462 e. The van der Waals surface area contributed by atoms with Gasteiger partial charge in [-0.15, -0.1) is 0 Å². The summed E-state index contributed by atoms with van der Waals surface area (Å²) in [4.78, 5) is 37.1. The maximum Gasteiger partial charge on any atom is 0.306 e. The first-order valence-corrected chi connectivity index (χ1v) is 18.7. The SMILES string of the molecule is CCCCCC/C=C\CCCCCCCC(=O)OCC(COC(=O)CCCCCCC)OC(=O)CCCCCCCCCC. The second kappa shape index (κ2) is 34.0. The summed E-state index contributed by atoms with van der Waals surface area (Å²) in [6, 6.07) is 0. The van der Waals surface area contributed by atoms with Crippen molar-refractivity contribution >= 4 is 17.9 Å². The number of ether oxygens (including phenoxy) is 3. The number of rotatable bonds is 33. The predicted octanol–water partition coefficient (Wildman–Crippen LogP) is 11.1. The van der Waals surface area contributed by atoms with Crippen LogP contribution < -0.4 is 0 Å². The Kier molecular flexibility index (Phi) is 32.6. The summed E-state index contributed by atoms with van der Waals surface area (Å²) in [6.45, 7) is 6.47. The molecule has 1 atom stereocenters. The molecule has 1 unspecified atom stereocenters. The third kappa shape index (κ3) is 31.6. The lowest BCUT2D eigenvalue weighted by Crippen LogP contribution is -2.30. The van der Waals surface area contributed by atoms with E-state index in [1.807, 2.05) is 0 Å². The molecule has 0 aromatic heterocycles. The quantitative estimate of drug-likeness (QED) is 0.0313. The molecule has 6 heteroatoms. The minimum absolute atomic E-state index is 0.0720. The summed E-state index contributed by atoms with van der Waals surface area (Å²) in [5.41, 5.74) is 0. The molecule has 0 bridgehead atoms. The Labute approximate surface area is 271 Å². The zero-order valence-corrected chi connectivity index (χ0v) is 29.2. The van der Waals surface area contributed by atoms with E-state index in [2.05, 4.69) is 32.9 Å². The second-order valence-electron chi connectivity index (χ2n) is 12.5. The van der Waals surface area contributed by atoms with Crippen molar-refractivity contribution in [2.45, 2.75) is 200 Å². The average Bonchev–Trinajstić information content (AvgIpc) is 3.02. The van der Waals surface area contributed by atoms with Crippen molar-refractivity contribution in [1.29, 1.82) is 0 Å². The number of carbonyl (C=O) groups is 3. The number of allylic oxidation sites excluding steroid dienone is 2. The first-order chi connectivity index (χ1) is 21.5. The van der Waals surface area contributed by atoms with E-state index in [0.29, 0.717) is 19.3 Å². The summed E-state index contributed by atoms with van der Waals surface area (Å²) in [5, 5.41) is 0. The van der Waals surface area contributed by atoms with Crippen LogP contribution in [0.4, 0.5) is 0 Å². The third-order valence-corrected chi connectivity index (χ3v) is 8.02. The highest BCUT2D eigenvalue weighted by Crippen LogP contribution is 2.13. The molecule has 0 N–H and O–H groups in total. The molecule has 0 aromatic carbocycles. The van der Waals surface area contributed by atoms with Crippen molar-refractivity contribution in [3.63, 3.8) is 0 Å². The van der Waals surface area contributed by atoms with Gasteiger partial charge in [0.15, 0.2) is 6.10 Å². The highest BCUT2D eigenvalue weighted by Gasteiger charge is 2.19. The first kappa shape index (κ1) is 42.1. The van der Waals surface area contributed by atoms with E-state index >= 15 is 0 Å². The third-order valence-electron chi connectivity index (χ3n) is 8.02. The van der Waals surface area contributed by atoms with E-state index in [1.54, 1.807) is 0 Å². The van der Waals surface area contributed by atoms with E-state index in [4.69, 9.17) is 14.2 Å². The van der Waals surface area contributed by atoms with Gasteiger partial charge < -0.3 is 14.2 Å². The Balaban J connectivity index is 4.27. The van der Waals surface area contributed by atoms with Gasteiger partial charge in [-0.1, -0.05) is 142 Å². The van der Waals surface area contributed by atoms with Crippen LogP contribution in [0.25, 0.3) is 0 Å². The Bertz CT molecular complexity index is 689. The molecule has 0 aliphatic carbocycles. The predicted molar refractivity (Wildman–Crippen MR) is 183 cm³/mol. The van der Waals surface area contributed by atoms with Gasteiger partial charge in [-0.3, -0.25) is 14.4 Å². The van der Waals surface area contributed by atoms with Gasteiger partial charge in [0, 0.05) is 19.3 Å². The summed E-state index contributed by atoms with van der Waals surface area (Å²) in [7, 11) is 0. The summed E-state index contributed by atoms with van der Waals surface area (Å²) in [5.74, 6) is -0.902. The standard InChI is InChI=1S/C38H70O6/c1-4-7-10-13-15-17-18-19-20-21-23-25-28-31-37(40)43-34-35(33-42-36(39)30-27-24-12-9-6-3)44-38(41)32-29-26-22-16-14-11-8-5-2/h17-18,35H,4-16,19-34H2,1-3H3/b18-17-. The maximum atomic E-state index is 12.5. The fraction of sp³-hybridized carbons (Fsp3) is 0.868. The van der Waals surface area contributed by atoms with Crippen LogP contribution in [0.3, 0.4) is 0 Å². The van der Waals surface area contributed by atoms with Crippen LogP contribution in [0.15, 0.2) is 12.2 Å². The van der Waals surface area contributed by atoms with E-state index in [9.17, 15) is 14.4 Å². The zero-order chi connectivity index (χ0) is 32.4. The van der Waals surface area contributed by atoms with Gasteiger partial charge in [-0.25, -0.2) is 0 Å². The topological polar surface area (TPSA) is 78.9 Å². The van der Waals surface area contributed by atoms with Crippen molar-refractivity contribution in [3.05, 3.63) is 12.2 Å². The van der Waals surface area contributed by atoms with Crippen LogP contribution in [-0.2, 0) is 28.6 Å². The maximum absolute atomic E-state index is 12.5. The normalized spacial score (nSPS) is 12.0. The Morgan fingerprint density at radius 3 is 1.16 bits per heavy atom. The molecule has 0 saturated carbocycles. The lowest BCUT2D eigenvalue weighted by Gasteiger charge is -2.18. The summed E-state index contributed by atoms with van der Waals surface area (Å²) in [6.07, 6.45) is 32.3. The lowest BCUT2D eigenvalue weighted by atomic mass is 10.1. The van der Waals surface area contributed by atoms with E-state index in [0.717, 1.165) is 70.6 Å². The summed E-state index contributed by atoms with van der Waals surface area (Å²) >= 11 is 0. The molecule has 0 aliphatic rings. The zero-order valence-electron chi connectivity index (χ0n) is 29.2. The lowest BCUT2D eigenvalue weighted by molar-refractivity contribution is -0.167. The molecule has 258 valence electrons. The Morgan fingerprint density at radius 2 is 0.750 bits per heavy atom. The van der Waals surface area contributed by atoms with Gasteiger partial charge in [0.25, 0.3) is 0 Å². The van der Waals surface area contributed by atoms with Crippen molar-refractivity contribution in [2.24, 2.45) is 0 Å². The molecule has 44 heavy (non-hydrogen) atoms. The molecule has 0 radical (unpaired) electrons. The highest BCUT2D eigenvalue weighted by atomic mass is 16.6. The average molecular weight is 623 g/mol. The number of hydrogen-bond acceptors (Lipinski definition) is 6. The Morgan fingerprint density at radius 1 is 0.432 bits per heavy atom. The summed E-state index contributed by atoms with van der Waals surface area (Å²) < 4.78 is 16.4. The molecule has 0 heterocycles. The fourth-order valence-electron chi connectivity index (χ4n) is 5.14. The van der Waals surface area contributed by atoms with Gasteiger partial charge in [0.05, 0.1) is 0 Å². The van der Waals surface area contributed by atoms with Crippen molar-refractivity contribution in [1.82, 2.24) is 0 Å². The molecule has 0 amide bonds. The van der Waals surface area contributed by atoms with Crippen LogP contribution >= 0.6 is 0 Å². The monoisotopic (exact) mass is 623 g/mol. The van der Waals surface area contributed by atoms with Gasteiger partial charge in [-0.05, 0) is 44.9 Å². The Hall–Kier alpha value is -1.85. The molecule has 0 aromatic rings. The molecule has 0 spiro atoms. The highest BCUT2D eigenvalue weighted by molar-refractivity contribution is 5.71. The number of unbranched alkanes of at least 4 members (excludes halogenated alkanes) is 20. The van der Waals surface area contributed by atoms with Gasteiger partial charge in [0.2, 0.25) is 0 Å². The number of esters is 3.